The van der Waals surface area contributed by atoms with Gasteiger partial charge in [0.1, 0.15) is 6.54 Å². The van der Waals surface area contributed by atoms with E-state index >= 15 is 0 Å². The summed E-state index contributed by atoms with van der Waals surface area (Å²) in [5, 5.41) is 14.9. The van der Waals surface area contributed by atoms with E-state index in [0.29, 0.717) is 5.65 Å². The minimum Gasteiger partial charge on any atom is -0.353 e. The molecule has 2 rings (SSSR count). The Morgan fingerprint density at radius 3 is 3.06 bits per heavy atom. The van der Waals surface area contributed by atoms with Gasteiger partial charge in [-0.05, 0) is 12.1 Å². The quantitative estimate of drug-likeness (QED) is 0.737. The minimum atomic E-state index is -0.360. The number of carbonyl (C=O) groups excluding carboxylic acids is 1. The fourth-order valence-corrected chi connectivity index (χ4v) is 1.52. The van der Waals surface area contributed by atoms with Gasteiger partial charge in [0.05, 0.1) is 12.5 Å². The van der Waals surface area contributed by atoms with Crippen LogP contribution in [0.15, 0.2) is 29.2 Å². The summed E-state index contributed by atoms with van der Waals surface area (Å²) < 4.78 is 2.46. The SMILES string of the molecule is N#CCCNC(=O)Cn1nc2ccccn2c1=O. The Kier molecular flexibility index (Phi) is 3.38. The van der Waals surface area contributed by atoms with Crippen LogP contribution in [0.3, 0.4) is 0 Å². The van der Waals surface area contributed by atoms with Crippen LogP contribution < -0.4 is 11.0 Å². The average Bonchev–Trinajstić information content (AvgIpc) is 2.67. The first kappa shape index (κ1) is 11.9. The lowest BCUT2D eigenvalue weighted by Crippen LogP contribution is -2.33. The van der Waals surface area contributed by atoms with E-state index in [1.807, 2.05) is 6.07 Å². The normalized spacial score (nSPS) is 10.2. The van der Waals surface area contributed by atoms with Crippen LogP contribution >= 0.6 is 0 Å². The second-order valence-corrected chi connectivity index (χ2v) is 3.63. The van der Waals surface area contributed by atoms with Crippen LogP contribution in [0.1, 0.15) is 6.42 Å². The summed E-state index contributed by atoms with van der Waals surface area (Å²) in [7, 11) is 0. The van der Waals surface area contributed by atoms with Gasteiger partial charge in [-0.25, -0.2) is 9.48 Å². The predicted octanol–water partition coefficient (Wildman–Crippen LogP) is -0.474. The Morgan fingerprint density at radius 1 is 1.50 bits per heavy atom. The van der Waals surface area contributed by atoms with E-state index in [2.05, 4.69) is 10.4 Å². The van der Waals surface area contributed by atoms with Crippen LogP contribution in [0.4, 0.5) is 0 Å². The van der Waals surface area contributed by atoms with Gasteiger partial charge in [0, 0.05) is 12.7 Å². The minimum absolute atomic E-state index is 0.147. The maximum atomic E-state index is 11.8. The van der Waals surface area contributed by atoms with Crippen molar-refractivity contribution in [3.05, 3.63) is 34.9 Å². The van der Waals surface area contributed by atoms with Gasteiger partial charge in [0.15, 0.2) is 5.65 Å². The number of hydrogen-bond acceptors (Lipinski definition) is 4. The molecule has 0 aliphatic heterocycles. The first-order valence-corrected chi connectivity index (χ1v) is 5.40. The zero-order valence-electron chi connectivity index (χ0n) is 9.54. The molecule has 0 saturated heterocycles. The third-order valence-electron chi connectivity index (χ3n) is 2.34. The van der Waals surface area contributed by atoms with Crippen molar-refractivity contribution in [3.63, 3.8) is 0 Å². The number of aromatic nitrogens is 3. The van der Waals surface area contributed by atoms with Crippen LogP contribution in [0, 0.1) is 11.3 Å². The second-order valence-electron chi connectivity index (χ2n) is 3.63. The lowest BCUT2D eigenvalue weighted by Gasteiger charge is -2.00. The summed E-state index contributed by atoms with van der Waals surface area (Å²) in [6, 6.07) is 7.08. The molecule has 2 aromatic rings. The number of carbonyl (C=O) groups is 1. The van der Waals surface area contributed by atoms with Crippen LogP contribution in [-0.4, -0.2) is 26.6 Å². The molecule has 0 saturated carbocycles. The fraction of sp³-hybridized carbons (Fsp3) is 0.273. The van der Waals surface area contributed by atoms with Crippen LogP contribution in [0.2, 0.25) is 0 Å². The first-order valence-electron chi connectivity index (χ1n) is 5.40. The fourth-order valence-electron chi connectivity index (χ4n) is 1.52. The topological polar surface area (TPSA) is 92.2 Å². The molecule has 18 heavy (non-hydrogen) atoms. The molecule has 2 heterocycles. The molecule has 0 bridgehead atoms. The Morgan fingerprint density at radius 2 is 2.33 bits per heavy atom. The smallest absolute Gasteiger partial charge is 0.350 e. The number of pyridine rings is 1. The molecule has 2 aromatic heterocycles. The van der Waals surface area contributed by atoms with E-state index in [1.165, 1.54) is 4.40 Å². The van der Waals surface area contributed by atoms with E-state index in [9.17, 15) is 9.59 Å². The van der Waals surface area contributed by atoms with Gasteiger partial charge in [-0.1, -0.05) is 6.07 Å². The number of hydrogen-bond donors (Lipinski definition) is 1. The molecule has 0 atom stereocenters. The molecule has 0 spiro atoms. The van der Waals surface area contributed by atoms with Crippen molar-refractivity contribution in [2.24, 2.45) is 0 Å². The summed E-state index contributed by atoms with van der Waals surface area (Å²) in [5.74, 6) is -0.337. The van der Waals surface area contributed by atoms with Crippen molar-refractivity contribution >= 4 is 11.6 Å². The molecule has 7 heteroatoms. The molecule has 0 unspecified atom stereocenters. The maximum Gasteiger partial charge on any atom is 0.350 e. The van der Waals surface area contributed by atoms with Gasteiger partial charge in [0.2, 0.25) is 5.91 Å². The number of rotatable bonds is 4. The summed E-state index contributed by atoms with van der Waals surface area (Å²) in [6.45, 7) is 0.128. The van der Waals surface area contributed by atoms with Crippen molar-refractivity contribution in [3.8, 4) is 6.07 Å². The van der Waals surface area contributed by atoms with Crippen LogP contribution in [0.25, 0.3) is 5.65 Å². The third-order valence-corrected chi connectivity index (χ3v) is 2.34. The van der Waals surface area contributed by atoms with E-state index in [0.717, 1.165) is 4.68 Å². The van der Waals surface area contributed by atoms with Crippen molar-refractivity contribution < 1.29 is 4.79 Å². The molecule has 1 N–H and O–H groups in total. The third kappa shape index (κ3) is 2.38. The standard InChI is InChI=1S/C11H11N5O2/c12-5-3-6-13-10(17)8-16-11(18)15-7-2-1-4-9(15)14-16/h1-2,4,7H,3,6,8H2,(H,13,17). The highest BCUT2D eigenvalue weighted by molar-refractivity contribution is 5.75. The molecular weight excluding hydrogens is 234 g/mol. The van der Waals surface area contributed by atoms with Gasteiger partial charge in [0.25, 0.3) is 0 Å². The summed E-state index contributed by atoms with van der Waals surface area (Å²) in [4.78, 5) is 23.3. The van der Waals surface area contributed by atoms with Gasteiger partial charge < -0.3 is 5.32 Å². The van der Waals surface area contributed by atoms with Crippen LogP contribution in [-0.2, 0) is 11.3 Å². The lowest BCUT2D eigenvalue weighted by molar-refractivity contribution is -0.121. The maximum absolute atomic E-state index is 11.8. The lowest BCUT2D eigenvalue weighted by atomic mass is 10.4. The number of amides is 1. The molecular formula is C11H11N5O2. The number of fused-ring (bicyclic) bond motifs is 1. The van der Waals surface area contributed by atoms with Gasteiger partial charge in [-0.15, -0.1) is 5.10 Å². The van der Waals surface area contributed by atoms with Gasteiger partial charge in [-0.3, -0.25) is 9.20 Å². The zero-order valence-corrected chi connectivity index (χ0v) is 9.54. The summed E-state index contributed by atoms with van der Waals surface area (Å²) in [5.41, 5.74) is 0.133. The highest BCUT2D eigenvalue weighted by atomic mass is 16.2. The van der Waals surface area contributed by atoms with E-state index < -0.39 is 0 Å². The number of nitrogens with one attached hydrogen (secondary N) is 1. The Hall–Kier alpha value is -2.62. The molecule has 0 aliphatic rings. The Bertz CT molecular complexity index is 664. The highest BCUT2D eigenvalue weighted by Crippen LogP contribution is 1.94. The van der Waals surface area contributed by atoms with E-state index in [1.54, 1.807) is 24.4 Å². The van der Waals surface area contributed by atoms with Gasteiger partial charge in [-0.2, -0.15) is 5.26 Å². The van der Waals surface area contributed by atoms with Crippen LogP contribution in [0.5, 0.6) is 0 Å². The largest absolute Gasteiger partial charge is 0.353 e. The zero-order chi connectivity index (χ0) is 13.0. The van der Waals surface area contributed by atoms with Crippen molar-refractivity contribution in [1.82, 2.24) is 19.5 Å². The molecule has 7 nitrogen and oxygen atoms in total. The predicted molar refractivity (Wildman–Crippen MR) is 62.7 cm³/mol. The number of nitrogens with zero attached hydrogens (tertiary/aromatic N) is 4. The van der Waals surface area contributed by atoms with E-state index in [4.69, 9.17) is 5.26 Å². The van der Waals surface area contributed by atoms with Crippen molar-refractivity contribution in [2.75, 3.05) is 6.54 Å². The van der Waals surface area contributed by atoms with Crippen molar-refractivity contribution in [2.45, 2.75) is 13.0 Å². The molecule has 0 aliphatic carbocycles. The van der Waals surface area contributed by atoms with E-state index in [-0.39, 0.29) is 31.1 Å². The molecule has 1 amide bonds. The molecule has 0 fully saturated rings. The van der Waals surface area contributed by atoms with Crippen molar-refractivity contribution in [1.29, 1.82) is 5.26 Å². The van der Waals surface area contributed by atoms with Gasteiger partial charge >= 0.3 is 5.69 Å². The number of nitriles is 1. The average molecular weight is 245 g/mol. The molecule has 92 valence electrons. The first-order chi connectivity index (χ1) is 8.72. The summed E-state index contributed by atoms with van der Waals surface area (Å²) >= 11 is 0. The second kappa shape index (κ2) is 5.14. The highest BCUT2D eigenvalue weighted by Gasteiger charge is 2.09. The Labute approximate surface area is 102 Å². The molecule has 0 aromatic carbocycles. The monoisotopic (exact) mass is 245 g/mol. The summed E-state index contributed by atoms with van der Waals surface area (Å²) in [6.07, 6.45) is 1.83. The Balaban J connectivity index is 2.13. The molecule has 0 radical (unpaired) electrons.